The summed E-state index contributed by atoms with van der Waals surface area (Å²) in [5.74, 6) is -0.722. The molecule has 98 valence electrons. The summed E-state index contributed by atoms with van der Waals surface area (Å²) in [6.07, 6.45) is 0. The number of aromatic nitrogens is 3. The van der Waals surface area contributed by atoms with E-state index >= 15 is 0 Å². The molecule has 2 aromatic heterocycles. The average Bonchev–Trinajstić information content (AvgIpc) is 2.30. The molecule has 2 rings (SSSR count). The van der Waals surface area contributed by atoms with Crippen LogP contribution in [0.5, 0.6) is 0 Å². The van der Waals surface area contributed by atoms with Crippen LogP contribution in [0.4, 0.5) is 17.3 Å². The highest BCUT2D eigenvalue weighted by atomic mass is 32.2. The van der Waals surface area contributed by atoms with Crippen molar-refractivity contribution >= 4 is 35.1 Å². The molecule has 0 saturated heterocycles. The van der Waals surface area contributed by atoms with E-state index in [0.717, 1.165) is 11.8 Å². The van der Waals surface area contributed by atoms with Gasteiger partial charge in [0.15, 0.2) is 5.16 Å². The Labute approximate surface area is 112 Å². The van der Waals surface area contributed by atoms with Crippen LogP contribution < -0.4 is 17.2 Å². The van der Waals surface area contributed by atoms with Gasteiger partial charge in [0.1, 0.15) is 22.4 Å². The molecule has 0 aliphatic heterocycles. The van der Waals surface area contributed by atoms with Crippen LogP contribution in [-0.4, -0.2) is 26.0 Å². The minimum absolute atomic E-state index is 0.117. The number of rotatable bonds is 3. The van der Waals surface area contributed by atoms with E-state index in [9.17, 15) is 4.79 Å². The Kier molecular flexibility index (Phi) is 3.38. The molecule has 0 aliphatic rings. The van der Waals surface area contributed by atoms with Gasteiger partial charge in [0.2, 0.25) is 0 Å². The molecule has 0 saturated carbocycles. The Balaban J connectivity index is 2.37. The molecule has 9 heteroatoms. The van der Waals surface area contributed by atoms with E-state index in [1.54, 1.807) is 0 Å². The summed E-state index contributed by atoms with van der Waals surface area (Å²) < 4.78 is 0. The zero-order valence-corrected chi connectivity index (χ0v) is 10.4. The molecule has 0 radical (unpaired) electrons. The van der Waals surface area contributed by atoms with Gasteiger partial charge in [-0.2, -0.15) is 0 Å². The Morgan fingerprint density at radius 1 is 1.11 bits per heavy atom. The highest BCUT2D eigenvalue weighted by molar-refractivity contribution is 7.99. The van der Waals surface area contributed by atoms with Crippen molar-refractivity contribution in [3.8, 4) is 0 Å². The Morgan fingerprint density at radius 2 is 1.74 bits per heavy atom. The van der Waals surface area contributed by atoms with E-state index in [4.69, 9.17) is 22.3 Å². The van der Waals surface area contributed by atoms with Gasteiger partial charge in [-0.3, -0.25) is 0 Å². The number of hydrogen-bond donors (Lipinski definition) is 4. The molecule has 2 heterocycles. The lowest BCUT2D eigenvalue weighted by Gasteiger charge is -2.05. The molecule has 0 atom stereocenters. The van der Waals surface area contributed by atoms with Gasteiger partial charge in [-0.25, -0.2) is 19.7 Å². The monoisotopic (exact) mass is 278 g/mol. The number of aromatic carboxylic acids is 1. The van der Waals surface area contributed by atoms with Gasteiger partial charge in [0.25, 0.3) is 0 Å². The van der Waals surface area contributed by atoms with E-state index in [0.29, 0.717) is 5.69 Å². The standard InChI is InChI=1S/C10H10N6O2S/c11-4-1-2-5(9(17)18)14-8(4)19-10-15-6(12)3-7(13)16-10/h1-3H,11H2,(H,17,18)(H4,12,13,15,16). The predicted molar refractivity (Wildman–Crippen MR) is 70.6 cm³/mol. The predicted octanol–water partition coefficient (Wildman–Crippen LogP) is 0.468. The van der Waals surface area contributed by atoms with Crippen LogP contribution in [0.25, 0.3) is 0 Å². The molecule has 0 fully saturated rings. The summed E-state index contributed by atoms with van der Waals surface area (Å²) in [7, 11) is 0. The zero-order valence-electron chi connectivity index (χ0n) is 9.57. The van der Waals surface area contributed by atoms with Crippen molar-refractivity contribution < 1.29 is 9.90 Å². The molecular weight excluding hydrogens is 268 g/mol. The Hall–Kier alpha value is -2.55. The molecule has 0 amide bonds. The summed E-state index contributed by atoms with van der Waals surface area (Å²) in [6.45, 7) is 0. The van der Waals surface area contributed by atoms with Crippen molar-refractivity contribution in [3.63, 3.8) is 0 Å². The van der Waals surface area contributed by atoms with E-state index in [-0.39, 0.29) is 27.5 Å². The maximum absolute atomic E-state index is 10.8. The number of nitrogens with zero attached hydrogens (tertiary/aromatic N) is 3. The van der Waals surface area contributed by atoms with Gasteiger partial charge in [-0.1, -0.05) is 0 Å². The average molecular weight is 278 g/mol. The van der Waals surface area contributed by atoms with Crippen LogP contribution in [0.2, 0.25) is 0 Å². The second kappa shape index (κ2) is 4.98. The molecule has 0 unspecified atom stereocenters. The van der Waals surface area contributed by atoms with Crippen LogP contribution in [0.1, 0.15) is 10.5 Å². The van der Waals surface area contributed by atoms with E-state index < -0.39 is 5.97 Å². The minimum Gasteiger partial charge on any atom is -0.477 e. The molecule has 19 heavy (non-hydrogen) atoms. The normalized spacial score (nSPS) is 10.3. The fourth-order valence-electron chi connectivity index (χ4n) is 1.25. The van der Waals surface area contributed by atoms with Gasteiger partial charge in [0.05, 0.1) is 5.69 Å². The zero-order chi connectivity index (χ0) is 14.0. The summed E-state index contributed by atoms with van der Waals surface area (Å²) in [4.78, 5) is 22.6. The summed E-state index contributed by atoms with van der Waals surface area (Å²) in [6, 6.07) is 4.18. The first-order valence-corrected chi connectivity index (χ1v) is 5.85. The van der Waals surface area contributed by atoms with Gasteiger partial charge >= 0.3 is 5.97 Å². The topological polar surface area (TPSA) is 154 Å². The number of pyridine rings is 1. The van der Waals surface area contributed by atoms with Crippen molar-refractivity contribution in [2.24, 2.45) is 0 Å². The van der Waals surface area contributed by atoms with E-state index in [1.807, 2.05) is 0 Å². The first kappa shape index (κ1) is 12.9. The van der Waals surface area contributed by atoms with Gasteiger partial charge in [-0.15, -0.1) is 0 Å². The number of anilines is 3. The molecule has 8 nitrogen and oxygen atoms in total. The summed E-state index contributed by atoms with van der Waals surface area (Å²) in [5, 5.41) is 9.40. The molecule has 0 aromatic carbocycles. The van der Waals surface area contributed by atoms with Crippen LogP contribution in [-0.2, 0) is 0 Å². The Morgan fingerprint density at radius 3 is 2.32 bits per heavy atom. The molecular formula is C10H10N6O2S. The second-order valence-corrected chi connectivity index (χ2v) is 4.45. The Bertz CT molecular complexity index is 628. The van der Waals surface area contributed by atoms with Crippen LogP contribution in [0.3, 0.4) is 0 Å². The third-order valence-electron chi connectivity index (χ3n) is 2.04. The molecule has 7 N–H and O–H groups in total. The second-order valence-electron chi connectivity index (χ2n) is 3.50. The number of hydrogen-bond acceptors (Lipinski definition) is 8. The molecule has 0 spiro atoms. The smallest absolute Gasteiger partial charge is 0.354 e. The van der Waals surface area contributed by atoms with E-state index in [2.05, 4.69) is 15.0 Å². The van der Waals surface area contributed by atoms with Gasteiger partial charge < -0.3 is 22.3 Å². The SMILES string of the molecule is Nc1cc(N)nc(Sc2nc(C(=O)O)ccc2N)n1. The first-order chi connectivity index (χ1) is 8.95. The fourth-order valence-corrected chi connectivity index (χ4v) is 2.05. The number of carbonyl (C=O) groups is 1. The van der Waals surface area contributed by atoms with Crippen molar-refractivity contribution in [3.05, 3.63) is 23.9 Å². The van der Waals surface area contributed by atoms with Crippen molar-refractivity contribution in [2.45, 2.75) is 10.2 Å². The lowest BCUT2D eigenvalue weighted by atomic mass is 10.3. The van der Waals surface area contributed by atoms with Crippen molar-refractivity contribution in [1.29, 1.82) is 0 Å². The van der Waals surface area contributed by atoms with Crippen molar-refractivity contribution in [1.82, 2.24) is 15.0 Å². The highest BCUT2D eigenvalue weighted by Gasteiger charge is 2.12. The minimum atomic E-state index is -1.14. The quantitative estimate of drug-likeness (QED) is 0.586. The van der Waals surface area contributed by atoms with E-state index in [1.165, 1.54) is 18.2 Å². The number of carboxylic acids is 1. The lowest BCUT2D eigenvalue weighted by Crippen LogP contribution is -2.04. The first-order valence-electron chi connectivity index (χ1n) is 5.03. The number of carboxylic acid groups (broad SMARTS) is 1. The fraction of sp³-hybridized carbons (Fsp3) is 0. The number of nitrogens with two attached hydrogens (primary N) is 3. The third-order valence-corrected chi connectivity index (χ3v) is 2.93. The maximum atomic E-state index is 10.8. The molecule has 0 aliphatic carbocycles. The lowest BCUT2D eigenvalue weighted by molar-refractivity contribution is 0.0690. The molecule has 0 bridgehead atoms. The third kappa shape index (κ3) is 3.01. The maximum Gasteiger partial charge on any atom is 0.354 e. The largest absolute Gasteiger partial charge is 0.477 e. The van der Waals surface area contributed by atoms with Crippen LogP contribution in [0.15, 0.2) is 28.4 Å². The summed E-state index contributed by atoms with van der Waals surface area (Å²) in [5.41, 5.74) is 17.0. The highest BCUT2D eigenvalue weighted by Crippen LogP contribution is 2.29. The van der Waals surface area contributed by atoms with Crippen molar-refractivity contribution in [2.75, 3.05) is 17.2 Å². The van der Waals surface area contributed by atoms with Crippen LogP contribution >= 0.6 is 11.8 Å². The van der Waals surface area contributed by atoms with Gasteiger partial charge in [0, 0.05) is 6.07 Å². The molecule has 2 aromatic rings. The van der Waals surface area contributed by atoms with Gasteiger partial charge in [-0.05, 0) is 23.9 Å². The summed E-state index contributed by atoms with van der Waals surface area (Å²) >= 11 is 0.992. The number of nitrogen functional groups attached to an aromatic ring is 3. The van der Waals surface area contributed by atoms with Crippen LogP contribution in [0, 0.1) is 0 Å².